The second kappa shape index (κ2) is 9.03. The van der Waals surface area contributed by atoms with Crippen molar-refractivity contribution < 1.29 is 4.79 Å². The Kier molecular flexibility index (Phi) is 5.95. The highest BCUT2D eigenvalue weighted by atomic mass is 35.5. The number of nitrogens with zero attached hydrogens (tertiary/aromatic N) is 4. The van der Waals surface area contributed by atoms with E-state index in [4.69, 9.17) is 28.9 Å². The Hall–Kier alpha value is -3.10. The molecule has 4 N–H and O–H groups in total. The molecule has 0 radical (unpaired) electrons. The highest BCUT2D eigenvalue weighted by molar-refractivity contribution is 6.32. The van der Waals surface area contributed by atoms with Gasteiger partial charge in [0.25, 0.3) is 0 Å². The molecule has 1 fully saturated rings. The van der Waals surface area contributed by atoms with E-state index in [1.54, 1.807) is 6.20 Å². The summed E-state index contributed by atoms with van der Waals surface area (Å²) < 4.78 is 1.84. The van der Waals surface area contributed by atoms with Crippen LogP contribution in [0.25, 0.3) is 0 Å². The van der Waals surface area contributed by atoms with Gasteiger partial charge in [0.2, 0.25) is 11.9 Å². The summed E-state index contributed by atoms with van der Waals surface area (Å²) in [4.78, 5) is 20.8. The quantitative estimate of drug-likeness (QED) is 0.416. The number of aromatic nitrogens is 4. The zero-order valence-electron chi connectivity index (χ0n) is 17.7. The number of carbonyl (C=O) groups excluding carboxylic acids is 1. The first kappa shape index (κ1) is 21.7. The van der Waals surface area contributed by atoms with E-state index < -0.39 is 0 Å². The lowest BCUT2D eigenvalue weighted by molar-refractivity contribution is -0.122. The molecule has 170 valence electrons. The first-order chi connectivity index (χ1) is 16.0. The molecule has 2 heterocycles. The summed E-state index contributed by atoms with van der Waals surface area (Å²) in [5.41, 5.74) is 7.57. The van der Waals surface area contributed by atoms with Gasteiger partial charge < -0.3 is 16.4 Å². The van der Waals surface area contributed by atoms with E-state index in [0.29, 0.717) is 23.3 Å². The van der Waals surface area contributed by atoms with E-state index in [-0.39, 0.29) is 29.7 Å². The zero-order valence-corrected chi connectivity index (χ0v) is 19.2. The number of primary amides is 1. The van der Waals surface area contributed by atoms with Gasteiger partial charge in [0.1, 0.15) is 5.02 Å². The first-order valence-corrected chi connectivity index (χ1v) is 11.5. The lowest BCUT2D eigenvalue weighted by Crippen LogP contribution is -2.41. The average molecular weight is 484 g/mol. The first-order valence-electron chi connectivity index (χ1n) is 10.8. The summed E-state index contributed by atoms with van der Waals surface area (Å²) in [6.45, 7) is 0.711. The summed E-state index contributed by atoms with van der Waals surface area (Å²) in [5, 5.41) is 12.0. The molecule has 2 bridgehead atoms. The van der Waals surface area contributed by atoms with E-state index in [2.05, 4.69) is 37.9 Å². The van der Waals surface area contributed by atoms with Crippen molar-refractivity contribution in [1.29, 1.82) is 0 Å². The van der Waals surface area contributed by atoms with Crippen LogP contribution in [-0.4, -0.2) is 31.7 Å². The SMILES string of the molecule is NC(=O)[C@@H]1[C@H](Nc2nc(Nc3cnn(CCc4cccc(Cl)c4)c3)ncc2Cl)[C@H]2C=C[C@@H]1C2. The number of nitrogens with two attached hydrogens (primary N) is 1. The number of aryl methyl sites for hydroxylation is 2. The molecule has 0 spiro atoms. The van der Waals surface area contributed by atoms with Gasteiger partial charge in [-0.2, -0.15) is 10.1 Å². The number of halogens is 2. The predicted octanol–water partition coefficient (Wildman–Crippen LogP) is 4.05. The van der Waals surface area contributed by atoms with Crippen LogP contribution in [0.1, 0.15) is 12.0 Å². The molecule has 4 atom stereocenters. The molecule has 1 amide bonds. The number of nitrogens with one attached hydrogen (secondary N) is 2. The molecule has 2 aliphatic rings. The third-order valence-corrected chi connectivity index (χ3v) is 6.75. The summed E-state index contributed by atoms with van der Waals surface area (Å²) in [6.07, 6.45) is 11.1. The average Bonchev–Trinajstić information content (AvgIpc) is 3.51. The summed E-state index contributed by atoms with van der Waals surface area (Å²) in [6, 6.07) is 7.66. The van der Waals surface area contributed by atoms with Crippen molar-refractivity contribution in [3.05, 3.63) is 70.6 Å². The Balaban J connectivity index is 1.25. The Bertz CT molecular complexity index is 1210. The van der Waals surface area contributed by atoms with Gasteiger partial charge in [0.05, 0.1) is 24.0 Å². The van der Waals surface area contributed by atoms with Crippen LogP contribution in [0, 0.1) is 17.8 Å². The lowest BCUT2D eigenvalue weighted by atomic mass is 9.88. The van der Waals surface area contributed by atoms with Gasteiger partial charge in [-0.15, -0.1) is 0 Å². The molecule has 1 saturated carbocycles. The number of benzene rings is 1. The number of rotatable bonds is 8. The maximum atomic E-state index is 12.0. The molecule has 3 aromatic rings. The van der Waals surface area contributed by atoms with Crippen molar-refractivity contribution in [2.24, 2.45) is 23.5 Å². The van der Waals surface area contributed by atoms with Crippen LogP contribution in [0.3, 0.4) is 0 Å². The standard InChI is InChI=1S/C23H23Cl2N7O/c24-16-3-1-2-13(8-16)6-7-32-12-17(10-28-32)29-23-27-11-18(25)22(31-23)30-20-15-5-4-14(9-15)19(20)21(26)33/h1-5,8,10-12,14-15,19-20H,6-7,9H2,(H2,26,33)(H2,27,29,30,31)/t14-,15+,19+,20-/m1/s1. The van der Waals surface area contributed by atoms with Crippen LogP contribution in [0.5, 0.6) is 0 Å². The topological polar surface area (TPSA) is 111 Å². The maximum Gasteiger partial charge on any atom is 0.229 e. The van der Waals surface area contributed by atoms with Crippen LogP contribution in [-0.2, 0) is 17.8 Å². The second-order valence-corrected chi connectivity index (χ2v) is 9.28. The van der Waals surface area contributed by atoms with Crippen molar-refractivity contribution in [2.75, 3.05) is 10.6 Å². The maximum absolute atomic E-state index is 12.0. The molecule has 0 unspecified atom stereocenters. The van der Waals surface area contributed by atoms with Gasteiger partial charge in [-0.25, -0.2) is 4.98 Å². The number of hydrogen-bond donors (Lipinski definition) is 3. The molecular formula is C23H23Cl2N7O. The number of allylic oxidation sites excluding steroid dienone is 1. The molecule has 5 rings (SSSR count). The van der Waals surface area contributed by atoms with Crippen LogP contribution < -0.4 is 16.4 Å². The van der Waals surface area contributed by atoms with Crippen molar-refractivity contribution in [3.63, 3.8) is 0 Å². The molecule has 0 aliphatic heterocycles. The fourth-order valence-electron chi connectivity index (χ4n) is 4.71. The Morgan fingerprint density at radius 2 is 2.06 bits per heavy atom. The highest BCUT2D eigenvalue weighted by Gasteiger charge is 2.47. The number of carbonyl (C=O) groups is 1. The number of fused-ring (bicyclic) bond motifs is 2. The van der Waals surface area contributed by atoms with E-state index in [1.807, 2.05) is 35.1 Å². The largest absolute Gasteiger partial charge is 0.369 e. The lowest BCUT2D eigenvalue weighted by Gasteiger charge is -2.27. The molecule has 2 aliphatic carbocycles. The minimum atomic E-state index is -0.307. The normalized spacial score (nSPS) is 23.1. The number of anilines is 3. The fourth-order valence-corrected chi connectivity index (χ4v) is 5.07. The summed E-state index contributed by atoms with van der Waals surface area (Å²) >= 11 is 12.4. The number of amides is 1. The highest BCUT2D eigenvalue weighted by Crippen LogP contribution is 2.45. The predicted molar refractivity (Wildman–Crippen MR) is 129 cm³/mol. The second-order valence-electron chi connectivity index (χ2n) is 8.43. The van der Waals surface area contributed by atoms with Crippen molar-refractivity contribution in [3.8, 4) is 0 Å². The van der Waals surface area contributed by atoms with Crippen LogP contribution >= 0.6 is 23.2 Å². The molecular weight excluding hydrogens is 461 g/mol. The van der Waals surface area contributed by atoms with Gasteiger partial charge in [0.15, 0.2) is 5.82 Å². The van der Waals surface area contributed by atoms with E-state index in [0.717, 1.165) is 29.1 Å². The smallest absolute Gasteiger partial charge is 0.229 e. The fraction of sp³-hybridized carbons (Fsp3) is 0.304. The van der Waals surface area contributed by atoms with Gasteiger partial charge in [-0.05, 0) is 42.4 Å². The third-order valence-electron chi connectivity index (χ3n) is 6.24. The van der Waals surface area contributed by atoms with E-state index >= 15 is 0 Å². The summed E-state index contributed by atoms with van der Waals surface area (Å²) in [7, 11) is 0. The number of hydrogen-bond acceptors (Lipinski definition) is 6. The summed E-state index contributed by atoms with van der Waals surface area (Å²) in [5.74, 6) is 0.664. The molecule has 33 heavy (non-hydrogen) atoms. The molecule has 8 nitrogen and oxygen atoms in total. The Morgan fingerprint density at radius 3 is 2.88 bits per heavy atom. The Morgan fingerprint density at radius 1 is 1.21 bits per heavy atom. The molecule has 2 aromatic heterocycles. The monoisotopic (exact) mass is 483 g/mol. The van der Waals surface area contributed by atoms with Crippen LogP contribution in [0.15, 0.2) is 55.0 Å². The van der Waals surface area contributed by atoms with Gasteiger partial charge in [-0.1, -0.05) is 47.5 Å². The van der Waals surface area contributed by atoms with Gasteiger partial charge >= 0.3 is 0 Å². The minimum Gasteiger partial charge on any atom is -0.369 e. The van der Waals surface area contributed by atoms with Gasteiger partial charge in [0, 0.05) is 23.8 Å². The van der Waals surface area contributed by atoms with Crippen LogP contribution in [0.4, 0.5) is 17.5 Å². The molecule has 0 saturated heterocycles. The van der Waals surface area contributed by atoms with Crippen molar-refractivity contribution in [1.82, 2.24) is 19.7 Å². The van der Waals surface area contributed by atoms with Gasteiger partial charge in [-0.3, -0.25) is 9.48 Å². The van der Waals surface area contributed by atoms with Crippen molar-refractivity contribution in [2.45, 2.75) is 25.4 Å². The molecule has 10 heteroatoms. The minimum absolute atomic E-state index is 0.132. The van der Waals surface area contributed by atoms with Crippen molar-refractivity contribution >= 4 is 46.6 Å². The van der Waals surface area contributed by atoms with Crippen LogP contribution in [0.2, 0.25) is 10.0 Å². The van der Waals surface area contributed by atoms with E-state index in [9.17, 15) is 4.79 Å². The molecule has 1 aromatic carbocycles. The third kappa shape index (κ3) is 4.67. The van der Waals surface area contributed by atoms with E-state index in [1.165, 1.54) is 6.20 Å². The Labute approximate surface area is 201 Å². The zero-order chi connectivity index (χ0) is 22.9.